The van der Waals surface area contributed by atoms with Crippen molar-refractivity contribution in [1.29, 1.82) is 0 Å². The number of aromatic nitrogens is 11. The topological polar surface area (TPSA) is 346 Å². The Morgan fingerprint density at radius 1 is 0.541 bits per heavy atom. The smallest absolute Gasteiger partial charge is 0.368 e. The van der Waals surface area contributed by atoms with Crippen LogP contribution in [0.25, 0.3) is 89.7 Å². The molecule has 4 aromatic heterocycles. The fourth-order valence-corrected chi connectivity index (χ4v) is 8.26. The Bertz CT molecular complexity index is 3750. The summed E-state index contributed by atoms with van der Waals surface area (Å²) in [6.07, 6.45) is 1.04. The molecule has 6 heterocycles. The van der Waals surface area contributed by atoms with Crippen molar-refractivity contribution in [2.75, 3.05) is 35.7 Å². The number of rotatable bonds is 8. The van der Waals surface area contributed by atoms with Crippen molar-refractivity contribution in [2.45, 2.75) is 26.2 Å². The van der Waals surface area contributed by atoms with Gasteiger partial charge >= 0.3 is 27.7 Å². The van der Waals surface area contributed by atoms with Gasteiger partial charge in [0.1, 0.15) is 0 Å². The third-order valence-electron chi connectivity index (χ3n) is 10.1. The van der Waals surface area contributed by atoms with Crippen LogP contribution < -0.4 is 31.1 Å². The molecule has 6 N–H and O–H groups in total. The van der Waals surface area contributed by atoms with Crippen molar-refractivity contribution in [3.8, 4) is 45.6 Å². The van der Waals surface area contributed by atoms with E-state index in [4.69, 9.17) is 62.8 Å². The van der Waals surface area contributed by atoms with E-state index in [0.29, 0.717) is 51.6 Å². The minimum Gasteiger partial charge on any atom is -0.368 e. The first-order chi connectivity index (χ1) is 34.6. The Hall–Kier alpha value is -8.17. The van der Waals surface area contributed by atoms with Crippen molar-refractivity contribution < 1.29 is 51.1 Å². The maximum absolute atomic E-state index is 11.2. The van der Waals surface area contributed by atoms with Gasteiger partial charge in [-0.05, 0) is 39.7 Å². The monoisotopic (exact) mass is 1100 g/mol. The first-order valence-electron chi connectivity index (χ1n) is 21.5. The van der Waals surface area contributed by atoms with Crippen LogP contribution in [-0.4, -0.2) is 98.2 Å². The summed E-state index contributed by atoms with van der Waals surface area (Å²) >= 11 is 0. The zero-order valence-corrected chi connectivity index (χ0v) is 41.7. The van der Waals surface area contributed by atoms with Gasteiger partial charge in [-0.1, -0.05) is 124 Å². The van der Waals surface area contributed by atoms with E-state index in [0.717, 1.165) is 50.1 Å². The van der Waals surface area contributed by atoms with E-state index in [1.54, 1.807) is 0 Å². The minimum atomic E-state index is -4.35. The molecule has 5 aromatic carbocycles. The molecular weight excluding hydrogens is 1060 g/mol. The molecular formula is C47H43CuN15O8S3. The minimum absolute atomic E-state index is 0. The predicted octanol–water partition coefficient (Wildman–Crippen LogP) is 6.19. The summed E-state index contributed by atoms with van der Waals surface area (Å²) in [6, 6.07) is 37.2. The first-order valence-corrected chi connectivity index (χ1v) is 25.8. The molecule has 9 aromatic rings. The number of anilines is 4. The number of hydrogen-bond acceptors (Lipinski definition) is 19. The summed E-state index contributed by atoms with van der Waals surface area (Å²) < 4.78 is 81.0. The van der Waals surface area contributed by atoms with Crippen LogP contribution in [0.4, 0.5) is 23.5 Å². The van der Waals surface area contributed by atoms with Gasteiger partial charge < -0.3 is 46.3 Å². The zero-order valence-electron chi connectivity index (χ0n) is 38.3. The molecule has 1 radical (unpaired) electrons. The average molecular weight is 1110 g/mol. The molecule has 0 fully saturated rings. The molecule has 0 saturated heterocycles. The van der Waals surface area contributed by atoms with Gasteiger partial charge in [0.25, 0.3) is 10.1 Å². The number of sulfonamides is 1. The summed E-state index contributed by atoms with van der Waals surface area (Å²) in [5.74, 6) is 2.23. The molecule has 2 aliphatic heterocycles. The third-order valence-corrected chi connectivity index (χ3v) is 11.7. The number of benzene rings is 5. The number of nitrogen functional groups attached to an aromatic ring is 1. The van der Waals surface area contributed by atoms with Crippen molar-refractivity contribution in [2.24, 2.45) is 0 Å². The first kappa shape index (κ1) is 55.1. The van der Waals surface area contributed by atoms with Crippen LogP contribution in [0.2, 0.25) is 0 Å². The Labute approximate surface area is 435 Å². The van der Waals surface area contributed by atoms with Crippen LogP contribution in [0, 0.1) is 0 Å². The van der Waals surface area contributed by atoms with Gasteiger partial charge in [0.05, 0.1) is 34.4 Å². The van der Waals surface area contributed by atoms with Crippen LogP contribution in [0.5, 0.6) is 0 Å². The number of nitrogens with one attached hydrogen (secondary N) is 3. The molecule has 383 valence electrons. The van der Waals surface area contributed by atoms with Crippen LogP contribution >= 0.6 is 0 Å². The molecule has 74 heavy (non-hydrogen) atoms. The van der Waals surface area contributed by atoms with Gasteiger partial charge in [-0.25, -0.2) is 23.1 Å². The average Bonchev–Trinajstić information content (AvgIpc) is 4.09. The largest absolute Gasteiger partial charge is 2.00 e. The van der Waals surface area contributed by atoms with Crippen LogP contribution in [0.15, 0.2) is 126 Å². The third kappa shape index (κ3) is 12.9. The van der Waals surface area contributed by atoms with E-state index >= 15 is 0 Å². The fourth-order valence-electron chi connectivity index (χ4n) is 7.26. The van der Waals surface area contributed by atoms with E-state index in [9.17, 15) is 16.8 Å². The Balaban J connectivity index is 0.000000229. The second-order valence-electron chi connectivity index (χ2n) is 14.9. The van der Waals surface area contributed by atoms with Gasteiger partial charge in [0.2, 0.25) is 27.9 Å². The Kier molecular flexibility index (Phi) is 17.6. The molecule has 0 spiro atoms. The van der Waals surface area contributed by atoms with Crippen LogP contribution in [-0.2, 0) is 47.8 Å². The molecule has 0 unspecified atom stereocenters. The van der Waals surface area contributed by atoms with Crippen molar-refractivity contribution in [3.05, 3.63) is 121 Å². The molecule has 0 aliphatic carbocycles. The summed E-state index contributed by atoms with van der Waals surface area (Å²) in [5.41, 5.74) is 11.7. The Morgan fingerprint density at radius 2 is 0.919 bits per heavy atom. The van der Waals surface area contributed by atoms with Crippen LogP contribution in [0.1, 0.15) is 21.3 Å². The molecule has 8 bridgehead atoms. The number of fused-ring (bicyclic) bond motifs is 20. The number of hydrogen-bond donors (Lipinski definition) is 5. The summed E-state index contributed by atoms with van der Waals surface area (Å²) in [7, 11) is -10.8. The molecule has 2 aliphatic rings. The molecule has 0 saturated carbocycles. The molecule has 0 atom stereocenters. The quantitative estimate of drug-likeness (QED) is 0.0643. The molecule has 0 amide bonds. The van der Waals surface area contributed by atoms with E-state index < -0.39 is 30.8 Å². The second kappa shape index (κ2) is 23.6. The standard InChI is InChI=1S/C32H16N8.C12H17N7O5S2.C2H6.CH4.Cu.O3S/c1-2-10-18-17(9-1)25-33-26(18)38-28-21-13-5-6-14-22(21)30(35-28)40-32-24-16-8-7-15-23(24)31(36-32)39-29-20-12-4-3-11-19(20)27(34-29)37-25;1-25(20,21)15-6-5-14-11-17-10(13)18-12(19-11)16-8-3-2-4-9(7-8)26(22,23)24;1-2;;;1-4(2)3/h1-16H;2-4,7,15H,5-6H2,1H3,(H,22,23,24)(H4,13,14,16,17,18,19);1-2H3;1H4;;/q-2;;;;+2;. The van der Waals surface area contributed by atoms with Crippen molar-refractivity contribution in [1.82, 2.24) is 59.5 Å². The van der Waals surface area contributed by atoms with E-state index in [-0.39, 0.29) is 60.3 Å². The predicted molar refractivity (Wildman–Crippen MR) is 277 cm³/mol. The number of nitrogens with zero attached hydrogens (tertiary/aromatic N) is 11. The van der Waals surface area contributed by atoms with Gasteiger partial charge in [0, 0.05) is 63.6 Å². The van der Waals surface area contributed by atoms with Gasteiger partial charge in [-0.2, -0.15) is 23.4 Å². The van der Waals surface area contributed by atoms with Crippen molar-refractivity contribution in [3.63, 3.8) is 0 Å². The van der Waals surface area contributed by atoms with Crippen molar-refractivity contribution >= 4 is 98.4 Å². The molecule has 11 rings (SSSR count). The van der Waals surface area contributed by atoms with Gasteiger partial charge in [0.15, 0.2) is 0 Å². The second-order valence-corrected chi connectivity index (χ2v) is 18.6. The van der Waals surface area contributed by atoms with Crippen LogP contribution in [0.3, 0.4) is 0 Å². The fraction of sp³-hybridized carbons (Fsp3) is 0.128. The summed E-state index contributed by atoms with van der Waals surface area (Å²) in [6.45, 7) is 4.32. The van der Waals surface area contributed by atoms with E-state index in [1.807, 2.05) is 111 Å². The normalized spacial score (nSPS) is 11.1. The van der Waals surface area contributed by atoms with E-state index in [2.05, 4.69) is 30.3 Å². The van der Waals surface area contributed by atoms with Gasteiger partial charge in [-0.15, -0.1) is 12.6 Å². The number of nitrogens with two attached hydrogens (primary N) is 1. The maximum Gasteiger partial charge on any atom is 2.00 e. The molecule has 23 nitrogen and oxygen atoms in total. The summed E-state index contributed by atoms with van der Waals surface area (Å²) in [4.78, 5) is 50.7. The summed E-state index contributed by atoms with van der Waals surface area (Å²) in [5, 5.41) is 9.09. The van der Waals surface area contributed by atoms with E-state index in [1.165, 1.54) is 24.3 Å². The molecule has 27 heteroatoms. The maximum atomic E-state index is 11.2. The zero-order chi connectivity index (χ0) is 51.2. The SMILES string of the molecule is C.CC.CS(=O)(=O)NCCNc1nc(N)nc(Nc2cccc(S(=O)(=O)O)c2)n1.O=S(=O)=O.[Cu+2].c1ccc2c(c1)-c1nc-2nc2[n-]c(nc3nc(nc4[n-]c(n1)c1ccccc41)-c1ccccc1-3)c1ccccc21. The Morgan fingerprint density at radius 3 is 1.30 bits per heavy atom. The van der Waals surface area contributed by atoms with Gasteiger partial charge in [-0.3, -0.25) is 4.55 Å².